The van der Waals surface area contributed by atoms with Gasteiger partial charge in [-0.05, 0) is 91.2 Å². The third-order valence-corrected chi connectivity index (χ3v) is 10.3. The van der Waals surface area contributed by atoms with Crippen LogP contribution in [0.4, 0.5) is 0 Å². The van der Waals surface area contributed by atoms with Crippen LogP contribution in [0.3, 0.4) is 0 Å². The van der Waals surface area contributed by atoms with Crippen molar-refractivity contribution in [2.75, 3.05) is 0 Å². The van der Waals surface area contributed by atoms with Gasteiger partial charge in [0.05, 0.1) is 0 Å². The second kappa shape index (κ2) is 7.87. The molecule has 166 valence electrons. The summed E-state index contributed by atoms with van der Waals surface area (Å²) in [5.41, 5.74) is 3.94. The highest BCUT2D eigenvalue weighted by molar-refractivity contribution is 6.17. The molecule has 3 saturated carbocycles. The Morgan fingerprint density at radius 2 is 1.71 bits per heavy atom. The maximum absolute atomic E-state index is 12.7. The average Bonchev–Trinajstić information content (AvgIpc) is 3.07. The summed E-state index contributed by atoms with van der Waals surface area (Å²) in [6.45, 7) is 4.73. The van der Waals surface area contributed by atoms with Crippen LogP contribution >= 0.6 is 11.6 Å². The number of halogens is 1. The predicted molar refractivity (Wildman–Crippen MR) is 125 cm³/mol. The number of carbonyl (C=O) groups is 2. The van der Waals surface area contributed by atoms with Crippen LogP contribution in [0.2, 0.25) is 0 Å². The van der Waals surface area contributed by atoms with Crippen LogP contribution in [0.25, 0.3) is 0 Å². The van der Waals surface area contributed by atoms with E-state index in [1.54, 1.807) is 0 Å². The highest BCUT2D eigenvalue weighted by Crippen LogP contribution is 2.65. The minimum absolute atomic E-state index is 0.0805. The van der Waals surface area contributed by atoms with Gasteiger partial charge in [0.25, 0.3) is 0 Å². The van der Waals surface area contributed by atoms with Gasteiger partial charge in [0.2, 0.25) is 0 Å². The SMILES string of the molecule is C[C@@]12C(=CC(=O)C[C@@H]1CCc1ccc(CCl)cc1)CC[C@@H]1[C@@H]2CC[C@]2(C)C(=O)CC[C@@H]12. The van der Waals surface area contributed by atoms with E-state index < -0.39 is 0 Å². The van der Waals surface area contributed by atoms with Crippen molar-refractivity contribution in [3.63, 3.8) is 0 Å². The Bertz CT molecular complexity index is 915. The largest absolute Gasteiger partial charge is 0.299 e. The Labute approximate surface area is 191 Å². The highest BCUT2D eigenvalue weighted by atomic mass is 35.5. The monoisotopic (exact) mass is 438 g/mol. The van der Waals surface area contributed by atoms with Gasteiger partial charge in [-0.2, -0.15) is 0 Å². The topological polar surface area (TPSA) is 34.1 Å². The molecule has 0 spiro atoms. The summed E-state index contributed by atoms with van der Waals surface area (Å²) in [5.74, 6) is 3.61. The number of hydrogen-bond acceptors (Lipinski definition) is 2. The Morgan fingerprint density at radius 1 is 0.968 bits per heavy atom. The van der Waals surface area contributed by atoms with Gasteiger partial charge in [-0.1, -0.05) is 43.7 Å². The van der Waals surface area contributed by atoms with Crippen molar-refractivity contribution in [2.45, 2.75) is 77.5 Å². The van der Waals surface area contributed by atoms with Crippen LogP contribution < -0.4 is 0 Å². The number of carbonyl (C=O) groups excluding carboxylic acids is 2. The van der Waals surface area contributed by atoms with E-state index in [9.17, 15) is 9.59 Å². The summed E-state index contributed by atoms with van der Waals surface area (Å²) in [6, 6.07) is 8.64. The standard InChI is InChI=1S/C28H35ClO2/c1-27-14-13-25-23(24(27)11-12-26(27)31)10-9-21-16-22(30)15-20(28(21,25)2)8-7-18-3-5-19(17-29)6-4-18/h3-6,16,20,23-25H,7-15,17H2,1-2H3/t20-,23-,24-,25-,27-,28-/m0/s1. The van der Waals surface area contributed by atoms with Crippen LogP contribution in [0.15, 0.2) is 35.9 Å². The second-order valence-electron chi connectivity index (χ2n) is 11.1. The molecular formula is C28H35ClO2. The van der Waals surface area contributed by atoms with Crippen LogP contribution in [0, 0.1) is 34.5 Å². The molecule has 3 heteroatoms. The normalized spacial score (nSPS) is 39.5. The maximum atomic E-state index is 12.7. The minimum Gasteiger partial charge on any atom is -0.299 e. The fourth-order valence-corrected chi connectivity index (χ4v) is 8.25. The zero-order valence-corrected chi connectivity index (χ0v) is 19.7. The second-order valence-corrected chi connectivity index (χ2v) is 11.4. The fraction of sp³-hybridized carbons (Fsp3) is 0.643. The van der Waals surface area contributed by atoms with Crippen molar-refractivity contribution in [1.29, 1.82) is 0 Å². The first-order chi connectivity index (χ1) is 14.9. The molecule has 0 bridgehead atoms. The maximum Gasteiger partial charge on any atom is 0.155 e. The van der Waals surface area contributed by atoms with Crippen molar-refractivity contribution < 1.29 is 9.59 Å². The predicted octanol–water partition coefficient (Wildman–Crippen LogP) is 6.69. The van der Waals surface area contributed by atoms with E-state index in [1.165, 1.54) is 17.6 Å². The number of alkyl halides is 1. The van der Waals surface area contributed by atoms with E-state index in [-0.39, 0.29) is 10.8 Å². The van der Waals surface area contributed by atoms with E-state index in [4.69, 9.17) is 11.6 Å². The molecule has 31 heavy (non-hydrogen) atoms. The van der Waals surface area contributed by atoms with Crippen molar-refractivity contribution in [2.24, 2.45) is 34.5 Å². The number of allylic oxidation sites excluding steroid dienone is 1. The van der Waals surface area contributed by atoms with Crippen molar-refractivity contribution >= 4 is 23.2 Å². The number of Topliss-reactive ketones (excluding diaryl/α,β-unsaturated/α-hetero) is 1. The van der Waals surface area contributed by atoms with Crippen LogP contribution in [0.5, 0.6) is 0 Å². The number of ketones is 2. The molecule has 3 fully saturated rings. The van der Waals surface area contributed by atoms with E-state index in [2.05, 4.69) is 38.1 Å². The van der Waals surface area contributed by atoms with Crippen molar-refractivity contribution in [3.8, 4) is 0 Å². The van der Waals surface area contributed by atoms with Crippen LogP contribution in [-0.2, 0) is 21.9 Å². The van der Waals surface area contributed by atoms with E-state index >= 15 is 0 Å². The Morgan fingerprint density at radius 3 is 2.45 bits per heavy atom. The summed E-state index contributed by atoms with van der Waals surface area (Å²) >= 11 is 5.95. The fourth-order valence-electron chi connectivity index (χ4n) is 8.07. The van der Waals surface area contributed by atoms with Gasteiger partial charge in [-0.25, -0.2) is 0 Å². The quantitative estimate of drug-likeness (QED) is 0.491. The third kappa shape index (κ3) is 3.36. The summed E-state index contributed by atoms with van der Waals surface area (Å²) in [6.07, 6.45) is 11.0. The average molecular weight is 439 g/mol. The van der Waals surface area contributed by atoms with Crippen molar-refractivity contribution in [3.05, 3.63) is 47.0 Å². The van der Waals surface area contributed by atoms with E-state index in [0.717, 1.165) is 50.5 Å². The van der Waals surface area contributed by atoms with E-state index in [0.29, 0.717) is 47.5 Å². The molecule has 0 N–H and O–H groups in total. The van der Waals surface area contributed by atoms with Gasteiger partial charge < -0.3 is 0 Å². The number of aryl methyl sites for hydroxylation is 1. The Hall–Kier alpha value is -1.41. The molecule has 0 unspecified atom stereocenters. The Balaban J connectivity index is 1.41. The summed E-state index contributed by atoms with van der Waals surface area (Å²) < 4.78 is 0. The van der Waals surface area contributed by atoms with Gasteiger partial charge >= 0.3 is 0 Å². The van der Waals surface area contributed by atoms with Crippen molar-refractivity contribution in [1.82, 2.24) is 0 Å². The first-order valence-electron chi connectivity index (χ1n) is 12.3. The lowest BCUT2D eigenvalue weighted by molar-refractivity contribution is -0.134. The molecule has 4 aliphatic rings. The molecule has 0 aliphatic heterocycles. The number of fused-ring (bicyclic) bond motifs is 5. The lowest BCUT2D eigenvalue weighted by Crippen LogP contribution is -2.53. The zero-order chi connectivity index (χ0) is 21.8. The summed E-state index contributed by atoms with van der Waals surface area (Å²) in [7, 11) is 0. The van der Waals surface area contributed by atoms with Crippen LogP contribution in [0.1, 0.15) is 76.3 Å². The molecule has 1 aromatic carbocycles. The number of rotatable bonds is 4. The molecule has 4 aliphatic carbocycles. The number of benzene rings is 1. The highest BCUT2D eigenvalue weighted by Gasteiger charge is 2.60. The summed E-state index contributed by atoms with van der Waals surface area (Å²) in [5, 5.41) is 0. The van der Waals surface area contributed by atoms with Gasteiger partial charge in [-0.3, -0.25) is 9.59 Å². The molecule has 0 heterocycles. The molecule has 5 rings (SSSR count). The summed E-state index contributed by atoms with van der Waals surface area (Å²) in [4.78, 5) is 25.4. The zero-order valence-electron chi connectivity index (χ0n) is 19.0. The van der Waals surface area contributed by atoms with Gasteiger partial charge in [0.1, 0.15) is 5.78 Å². The van der Waals surface area contributed by atoms with Gasteiger partial charge in [0, 0.05) is 24.1 Å². The minimum atomic E-state index is -0.0805. The molecular weight excluding hydrogens is 404 g/mol. The molecule has 2 nitrogen and oxygen atoms in total. The first-order valence-corrected chi connectivity index (χ1v) is 12.8. The van der Waals surface area contributed by atoms with Gasteiger partial charge in [0.15, 0.2) is 5.78 Å². The molecule has 1 aromatic rings. The number of hydrogen-bond donors (Lipinski definition) is 0. The van der Waals surface area contributed by atoms with E-state index in [1.807, 2.05) is 6.08 Å². The lowest BCUT2D eigenvalue weighted by atomic mass is 9.45. The molecule has 0 aromatic heterocycles. The molecule has 0 amide bonds. The van der Waals surface area contributed by atoms with Crippen LogP contribution in [-0.4, -0.2) is 11.6 Å². The smallest absolute Gasteiger partial charge is 0.155 e. The molecule has 0 radical (unpaired) electrons. The Kier molecular flexibility index (Phi) is 5.44. The first kappa shape index (κ1) is 21.4. The molecule has 0 saturated heterocycles. The third-order valence-electron chi connectivity index (χ3n) is 9.94. The lowest BCUT2D eigenvalue weighted by Gasteiger charge is -2.59. The molecule has 6 atom stereocenters. The van der Waals surface area contributed by atoms with Gasteiger partial charge in [-0.15, -0.1) is 11.6 Å².